The van der Waals surface area contributed by atoms with Gasteiger partial charge < -0.3 is 10.1 Å². The number of hydrogen-bond acceptors (Lipinski definition) is 4. The number of aromatic nitrogens is 1. The maximum atomic E-state index is 14.5. The molecule has 1 aliphatic carbocycles. The Labute approximate surface area is 208 Å². The lowest BCUT2D eigenvalue weighted by Gasteiger charge is -2.21. The number of nitrogens with one attached hydrogen (secondary N) is 1. The van der Waals surface area contributed by atoms with Crippen molar-refractivity contribution in [2.75, 3.05) is 23.8 Å². The molecule has 0 bridgehead atoms. The second kappa shape index (κ2) is 9.46. The van der Waals surface area contributed by atoms with Gasteiger partial charge in [0.2, 0.25) is 0 Å². The van der Waals surface area contributed by atoms with E-state index in [4.69, 9.17) is 4.74 Å². The Hall–Kier alpha value is -2.40. The normalized spacial score (nSPS) is 18.0. The smallest absolute Gasteiger partial charge is 0.254 e. The maximum Gasteiger partial charge on any atom is 0.254 e. The summed E-state index contributed by atoms with van der Waals surface area (Å²) in [5.74, 6) is 0.939. The molecule has 3 aromatic rings. The summed E-state index contributed by atoms with van der Waals surface area (Å²) in [6.07, 6.45) is 0.811. The number of nitrogens with zero attached hydrogens (tertiary/aromatic N) is 2. The van der Waals surface area contributed by atoms with Gasteiger partial charge in [-0.3, -0.25) is 9.36 Å². The van der Waals surface area contributed by atoms with Gasteiger partial charge in [0.1, 0.15) is 23.1 Å². The average Bonchev–Trinajstić information content (AvgIpc) is 3.60. The quantitative estimate of drug-likeness (QED) is 0.247. The van der Waals surface area contributed by atoms with Crippen molar-refractivity contribution in [2.45, 2.75) is 24.5 Å². The van der Waals surface area contributed by atoms with E-state index in [1.807, 2.05) is 46.9 Å². The number of aryl methyl sites for hydroxylation is 1. The van der Waals surface area contributed by atoms with Crippen molar-refractivity contribution >= 4 is 50.8 Å². The molecule has 1 aliphatic rings. The summed E-state index contributed by atoms with van der Waals surface area (Å²) >= 11 is 2.04. The summed E-state index contributed by atoms with van der Waals surface area (Å²) < 4.78 is 37.3. The van der Waals surface area contributed by atoms with Crippen LogP contribution in [0.15, 0.2) is 53.3 Å². The van der Waals surface area contributed by atoms with Crippen LogP contribution >= 0.6 is 22.6 Å². The maximum absolute atomic E-state index is 14.5. The first kappa shape index (κ1) is 23.7. The third-order valence-corrected chi connectivity index (χ3v) is 8.58. The molecule has 1 aromatic heterocycles. The van der Waals surface area contributed by atoms with Crippen LogP contribution in [0.1, 0.15) is 23.5 Å². The minimum absolute atomic E-state index is 0.0162. The largest absolute Gasteiger partial charge is 0.497 e. The third kappa shape index (κ3) is 4.79. The van der Waals surface area contributed by atoms with Crippen molar-refractivity contribution < 1.29 is 13.3 Å². The standard InChI is InChI=1S/C24H25FIN3O3S/c1-14-10-21(23(28(2)24(14)30)27-20-9-8-16(26)12-19(20)25)29(3)33(31)22-13-18(22)15-6-5-7-17(11-15)32-4/h5-12,18,22,27H,13H2,1-4H3/p+1. The number of methoxy groups -OCH3 is 1. The van der Waals surface area contributed by atoms with E-state index in [1.54, 1.807) is 50.6 Å². The lowest BCUT2D eigenvalue weighted by Crippen LogP contribution is -2.29. The molecule has 1 saturated carbocycles. The van der Waals surface area contributed by atoms with Crippen LogP contribution in [0, 0.1) is 16.3 Å². The van der Waals surface area contributed by atoms with E-state index in [1.165, 1.54) is 10.6 Å². The van der Waals surface area contributed by atoms with Crippen LogP contribution in [0.5, 0.6) is 5.75 Å². The number of anilines is 3. The topological polar surface area (TPSA) is 63.6 Å². The molecule has 0 aliphatic heterocycles. The molecule has 0 amide bonds. The van der Waals surface area contributed by atoms with E-state index in [2.05, 4.69) is 5.32 Å². The van der Waals surface area contributed by atoms with Gasteiger partial charge in [0, 0.05) is 28.5 Å². The highest BCUT2D eigenvalue weighted by molar-refractivity contribution is 14.1. The molecule has 33 heavy (non-hydrogen) atoms. The van der Waals surface area contributed by atoms with Gasteiger partial charge in [0.05, 0.1) is 19.8 Å². The number of thiol groups is 1. The van der Waals surface area contributed by atoms with Crippen LogP contribution in [0.25, 0.3) is 0 Å². The molecule has 6 nitrogen and oxygen atoms in total. The first-order valence-corrected chi connectivity index (χ1v) is 12.8. The number of hydrogen-bond donors (Lipinski definition) is 1. The first-order valence-electron chi connectivity index (χ1n) is 10.5. The predicted molar refractivity (Wildman–Crippen MR) is 141 cm³/mol. The molecule has 0 spiro atoms. The van der Waals surface area contributed by atoms with Gasteiger partial charge in [-0.05, 0) is 71.5 Å². The molecule has 2 aromatic carbocycles. The van der Waals surface area contributed by atoms with Crippen LogP contribution in [-0.2, 0) is 22.2 Å². The molecule has 0 radical (unpaired) electrons. The fourth-order valence-corrected chi connectivity index (χ4v) is 6.12. The highest BCUT2D eigenvalue weighted by atomic mass is 127. The van der Waals surface area contributed by atoms with Gasteiger partial charge in [0.15, 0.2) is 16.2 Å². The van der Waals surface area contributed by atoms with E-state index >= 15 is 0 Å². The highest BCUT2D eigenvalue weighted by Crippen LogP contribution is 2.47. The van der Waals surface area contributed by atoms with Crippen molar-refractivity contribution in [3.8, 4) is 5.75 Å². The van der Waals surface area contributed by atoms with Gasteiger partial charge in [-0.25, -0.2) is 4.39 Å². The number of benzene rings is 2. The van der Waals surface area contributed by atoms with Crippen molar-refractivity contribution in [1.82, 2.24) is 4.57 Å². The number of halogens is 2. The van der Waals surface area contributed by atoms with Crippen LogP contribution < -0.4 is 19.9 Å². The first-order chi connectivity index (χ1) is 15.7. The van der Waals surface area contributed by atoms with Crippen molar-refractivity contribution in [3.63, 3.8) is 0 Å². The van der Waals surface area contributed by atoms with E-state index in [-0.39, 0.29) is 22.4 Å². The Morgan fingerprint density at radius 3 is 2.70 bits per heavy atom. The van der Waals surface area contributed by atoms with Crippen molar-refractivity contribution in [3.05, 3.63) is 79.4 Å². The average molecular weight is 582 g/mol. The molecular formula is C24H26FIN3O3S+. The Balaban J connectivity index is 1.65. The minimum atomic E-state index is -1.79. The summed E-state index contributed by atoms with van der Waals surface area (Å²) in [4.78, 5) is 12.6. The Kier molecular flexibility index (Phi) is 6.81. The number of pyridine rings is 1. The number of ether oxygens (including phenoxy) is 1. The minimum Gasteiger partial charge on any atom is -0.497 e. The molecule has 0 saturated heterocycles. The number of rotatable bonds is 7. The van der Waals surface area contributed by atoms with Crippen LogP contribution in [0.3, 0.4) is 0 Å². The van der Waals surface area contributed by atoms with Crippen LogP contribution in [0.2, 0.25) is 0 Å². The molecule has 1 fully saturated rings. The third-order valence-electron chi connectivity index (χ3n) is 5.96. The second-order valence-electron chi connectivity index (χ2n) is 8.19. The summed E-state index contributed by atoms with van der Waals surface area (Å²) in [6, 6.07) is 14.4. The van der Waals surface area contributed by atoms with Crippen molar-refractivity contribution in [1.29, 1.82) is 0 Å². The molecule has 1 N–H and O–H groups in total. The molecule has 9 heteroatoms. The Morgan fingerprint density at radius 1 is 1.24 bits per heavy atom. The zero-order chi connectivity index (χ0) is 23.9. The lowest BCUT2D eigenvalue weighted by molar-refractivity contribution is 0.414. The van der Waals surface area contributed by atoms with E-state index in [9.17, 15) is 13.4 Å². The highest BCUT2D eigenvalue weighted by Gasteiger charge is 2.50. The van der Waals surface area contributed by atoms with Crippen molar-refractivity contribution in [2.24, 2.45) is 7.05 Å². The monoisotopic (exact) mass is 582 g/mol. The van der Waals surface area contributed by atoms with E-state index in [0.717, 1.165) is 21.3 Å². The fraction of sp³-hybridized carbons (Fsp3) is 0.292. The fourth-order valence-electron chi connectivity index (χ4n) is 3.97. The predicted octanol–water partition coefficient (Wildman–Crippen LogP) is 4.79. The zero-order valence-corrected chi connectivity index (χ0v) is 21.9. The van der Waals surface area contributed by atoms with Gasteiger partial charge in [-0.2, -0.15) is 4.31 Å². The molecule has 1 heterocycles. The van der Waals surface area contributed by atoms with Gasteiger partial charge in [-0.1, -0.05) is 16.3 Å². The Bertz CT molecular complexity index is 1300. The Morgan fingerprint density at radius 2 is 2.00 bits per heavy atom. The summed E-state index contributed by atoms with van der Waals surface area (Å²) in [6.45, 7) is 1.72. The molecule has 3 unspecified atom stereocenters. The SMILES string of the molecule is COc1cccc(C2CC2[SH+](=O)N(C)c2cc(C)c(=O)n(C)c2Nc2ccc(I)cc2F)c1. The van der Waals surface area contributed by atoms with Gasteiger partial charge >= 0.3 is 0 Å². The summed E-state index contributed by atoms with van der Waals surface area (Å²) in [5, 5.41) is 3.04. The van der Waals surface area contributed by atoms with E-state index < -0.39 is 16.8 Å². The summed E-state index contributed by atoms with van der Waals surface area (Å²) in [5.41, 5.74) is 2.27. The molecule has 4 rings (SSSR count). The zero-order valence-electron chi connectivity index (χ0n) is 18.8. The second-order valence-corrected chi connectivity index (χ2v) is 11.3. The molecule has 174 valence electrons. The summed E-state index contributed by atoms with van der Waals surface area (Å²) in [7, 11) is 3.23. The van der Waals surface area contributed by atoms with E-state index in [0.29, 0.717) is 17.1 Å². The molecule has 3 atom stereocenters. The van der Waals surface area contributed by atoms with Gasteiger partial charge in [-0.15, -0.1) is 0 Å². The molecular weight excluding hydrogens is 556 g/mol. The lowest BCUT2D eigenvalue weighted by atomic mass is 10.1. The van der Waals surface area contributed by atoms with Crippen LogP contribution in [0.4, 0.5) is 21.6 Å². The van der Waals surface area contributed by atoms with Crippen LogP contribution in [-0.4, -0.2) is 24.0 Å². The van der Waals surface area contributed by atoms with Gasteiger partial charge in [0.25, 0.3) is 5.56 Å².